The summed E-state index contributed by atoms with van der Waals surface area (Å²) in [7, 11) is 0. The maximum Gasteiger partial charge on any atom is 0.408 e. The lowest BCUT2D eigenvalue weighted by Crippen LogP contribution is -2.43. The van der Waals surface area contributed by atoms with Crippen LogP contribution in [0.4, 0.5) is 4.79 Å². The van der Waals surface area contributed by atoms with Crippen molar-refractivity contribution in [2.24, 2.45) is 0 Å². The van der Waals surface area contributed by atoms with Crippen molar-refractivity contribution in [3.05, 3.63) is 0 Å². The van der Waals surface area contributed by atoms with Gasteiger partial charge in [-0.2, -0.15) is 0 Å². The highest BCUT2D eigenvalue weighted by molar-refractivity contribution is 5.80. The van der Waals surface area contributed by atoms with Crippen LogP contribution < -0.4 is 10.6 Å². The van der Waals surface area contributed by atoms with Crippen LogP contribution >= 0.6 is 0 Å². The van der Waals surface area contributed by atoms with Gasteiger partial charge in [0, 0.05) is 13.0 Å². The molecule has 1 atom stereocenters. The molecule has 0 unspecified atom stereocenters. The number of amides is 2. The number of hydrogen-bond acceptors (Lipinski definition) is 4. The lowest BCUT2D eigenvalue weighted by atomic mass is 10.1. The van der Waals surface area contributed by atoms with Crippen molar-refractivity contribution in [1.82, 2.24) is 10.6 Å². The van der Waals surface area contributed by atoms with Gasteiger partial charge in [-0.15, -0.1) is 0 Å². The zero-order valence-electron chi connectivity index (χ0n) is 13.9. The topological polar surface area (TPSA) is 105 Å². The van der Waals surface area contributed by atoms with Gasteiger partial charge in [-0.25, -0.2) is 9.59 Å². The van der Waals surface area contributed by atoms with Crippen LogP contribution in [0.2, 0.25) is 0 Å². The molecule has 3 N–H and O–H groups in total. The van der Waals surface area contributed by atoms with Crippen molar-refractivity contribution in [3.63, 3.8) is 0 Å². The largest absolute Gasteiger partial charge is 0.480 e. The van der Waals surface area contributed by atoms with E-state index in [1.807, 2.05) is 6.92 Å². The number of carbonyl (C=O) groups is 3. The van der Waals surface area contributed by atoms with Crippen molar-refractivity contribution in [2.75, 3.05) is 6.54 Å². The summed E-state index contributed by atoms with van der Waals surface area (Å²) < 4.78 is 5.03. The van der Waals surface area contributed by atoms with Crippen molar-refractivity contribution in [3.8, 4) is 0 Å². The molecule has 0 aliphatic heterocycles. The number of nitrogens with one attached hydrogen (secondary N) is 2. The van der Waals surface area contributed by atoms with Crippen LogP contribution in [0.1, 0.15) is 59.8 Å². The molecule has 0 aliphatic rings. The fourth-order valence-corrected chi connectivity index (χ4v) is 1.72. The van der Waals surface area contributed by atoms with Crippen LogP contribution in [0.25, 0.3) is 0 Å². The number of carboxylic acids is 1. The molecular formula is C15H28N2O5. The van der Waals surface area contributed by atoms with Gasteiger partial charge in [0.05, 0.1) is 0 Å². The second kappa shape index (κ2) is 10.0. The van der Waals surface area contributed by atoms with E-state index < -0.39 is 23.7 Å². The molecule has 128 valence electrons. The standard InChI is InChI=1S/C15H28N2O5/c1-5-8-12(18)16-10-7-6-9-11(13(19)20)17-14(21)22-15(2,3)4/h11H,5-10H2,1-4H3,(H,16,18)(H,17,21)(H,19,20)/t11-/m0/s1. The third kappa shape index (κ3) is 10.9. The summed E-state index contributed by atoms with van der Waals surface area (Å²) in [6.07, 6.45) is 2.09. The molecular weight excluding hydrogens is 288 g/mol. The SMILES string of the molecule is CCCC(=O)NCCCC[C@H](NC(=O)OC(C)(C)C)C(=O)O. The number of aliphatic carboxylic acids is 1. The Hall–Kier alpha value is -1.79. The monoisotopic (exact) mass is 316 g/mol. The van der Waals surface area contributed by atoms with E-state index in [2.05, 4.69) is 10.6 Å². The van der Waals surface area contributed by atoms with Gasteiger partial charge in [0.1, 0.15) is 11.6 Å². The molecule has 0 saturated heterocycles. The van der Waals surface area contributed by atoms with Crippen LogP contribution in [-0.4, -0.2) is 41.3 Å². The number of rotatable bonds is 9. The molecule has 0 bridgehead atoms. The van der Waals surface area contributed by atoms with E-state index in [0.717, 1.165) is 6.42 Å². The van der Waals surface area contributed by atoms with Gasteiger partial charge in [0.2, 0.25) is 5.91 Å². The molecule has 0 aromatic carbocycles. The summed E-state index contributed by atoms with van der Waals surface area (Å²) in [6.45, 7) is 7.57. The average Bonchev–Trinajstić information content (AvgIpc) is 2.34. The highest BCUT2D eigenvalue weighted by Crippen LogP contribution is 2.08. The van der Waals surface area contributed by atoms with E-state index in [1.54, 1.807) is 20.8 Å². The zero-order chi connectivity index (χ0) is 17.2. The van der Waals surface area contributed by atoms with Gasteiger partial charge < -0.3 is 20.5 Å². The zero-order valence-corrected chi connectivity index (χ0v) is 13.9. The molecule has 22 heavy (non-hydrogen) atoms. The van der Waals surface area contributed by atoms with E-state index in [-0.39, 0.29) is 12.3 Å². The summed E-state index contributed by atoms with van der Waals surface area (Å²) in [5.74, 6) is -1.09. The van der Waals surface area contributed by atoms with Crippen LogP contribution in [0, 0.1) is 0 Å². The predicted molar refractivity (Wildman–Crippen MR) is 82.6 cm³/mol. The Kier molecular flexibility index (Phi) is 9.21. The van der Waals surface area contributed by atoms with Gasteiger partial charge >= 0.3 is 12.1 Å². The summed E-state index contributed by atoms with van der Waals surface area (Å²) in [5, 5.41) is 14.2. The molecule has 0 aromatic heterocycles. The van der Waals surface area contributed by atoms with Gasteiger partial charge in [-0.1, -0.05) is 6.92 Å². The summed E-state index contributed by atoms with van der Waals surface area (Å²) in [6, 6.07) is -0.985. The van der Waals surface area contributed by atoms with Gasteiger partial charge in [-0.3, -0.25) is 4.79 Å². The summed E-state index contributed by atoms with van der Waals surface area (Å²) in [5.41, 5.74) is -0.670. The molecule has 0 fully saturated rings. The van der Waals surface area contributed by atoms with E-state index >= 15 is 0 Å². The molecule has 0 aliphatic carbocycles. The summed E-state index contributed by atoms with van der Waals surface area (Å²) in [4.78, 5) is 33.9. The molecule has 0 aromatic rings. The van der Waals surface area contributed by atoms with Crippen molar-refractivity contribution < 1.29 is 24.2 Å². The lowest BCUT2D eigenvalue weighted by molar-refractivity contribution is -0.139. The van der Waals surface area contributed by atoms with Gasteiger partial charge in [0.25, 0.3) is 0 Å². The maximum atomic E-state index is 11.6. The molecule has 7 nitrogen and oxygen atoms in total. The third-order valence-corrected chi connectivity index (χ3v) is 2.71. The van der Waals surface area contributed by atoms with Crippen LogP contribution in [-0.2, 0) is 14.3 Å². The first kappa shape index (κ1) is 20.2. The predicted octanol–water partition coefficient (Wildman–Crippen LogP) is 2.05. The quantitative estimate of drug-likeness (QED) is 0.565. The fraction of sp³-hybridized carbons (Fsp3) is 0.800. The molecule has 0 radical (unpaired) electrons. The van der Waals surface area contributed by atoms with Crippen molar-refractivity contribution >= 4 is 18.0 Å². The van der Waals surface area contributed by atoms with Gasteiger partial charge in [0.15, 0.2) is 0 Å². The van der Waals surface area contributed by atoms with Crippen LogP contribution in [0.15, 0.2) is 0 Å². The normalized spacial score (nSPS) is 12.4. The Balaban J connectivity index is 4.03. The highest BCUT2D eigenvalue weighted by atomic mass is 16.6. The Morgan fingerprint density at radius 3 is 2.32 bits per heavy atom. The van der Waals surface area contributed by atoms with E-state index in [0.29, 0.717) is 25.8 Å². The van der Waals surface area contributed by atoms with Crippen LogP contribution in [0.3, 0.4) is 0 Å². The van der Waals surface area contributed by atoms with Gasteiger partial charge in [-0.05, 0) is 46.5 Å². The van der Waals surface area contributed by atoms with E-state index in [1.165, 1.54) is 0 Å². The molecule has 0 heterocycles. The second-order valence-electron chi connectivity index (χ2n) is 6.13. The highest BCUT2D eigenvalue weighted by Gasteiger charge is 2.23. The number of alkyl carbamates (subject to hydrolysis) is 1. The second-order valence-corrected chi connectivity index (χ2v) is 6.13. The number of unbranched alkanes of at least 4 members (excludes halogenated alkanes) is 1. The minimum absolute atomic E-state index is 0.00386. The Bertz CT molecular complexity index is 377. The third-order valence-electron chi connectivity index (χ3n) is 2.71. The van der Waals surface area contributed by atoms with Crippen molar-refractivity contribution in [2.45, 2.75) is 71.4 Å². The fourth-order valence-electron chi connectivity index (χ4n) is 1.72. The number of ether oxygens (including phenoxy) is 1. The smallest absolute Gasteiger partial charge is 0.408 e. The number of carbonyl (C=O) groups excluding carboxylic acids is 2. The molecule has 0 rings (SSSR count). The van der Waals surface area contributed by atoms with E-state index in [4.69, 9.17) is 9.84 Å². The van der Waals surface area contributed by atoms with E-state index in [9.17, 15) is 14.4 Å². The summed E-state index contributed by atoms with van der Waals surface area (Å²) >= 11 is 0. The minimum Gasteiger partial charge on any atom is -0.480 e. The van der Waals surface area contributed by atoms with Crippen LogP contribution in [0.5, 0.6) is 0 Å². The molecule has 0 spiro atoms. The molecule has 7 heteroatoms. The Morgan fingerprint density at radius 1 is 1.18 bits per heavy atom. The van der Waals surface area contributed by atoms with Crippen molar-refractivity contribution in [1.29, 1.82) is 0 Å². The first-order valence-corrected chi connectivity index (χ1v) is 7.64. The lowest BCUT2D eigenvalue weighted by Gasteiger charge is -2.22. The number of carboxylic acid groups (broad SMARTS) is 1. The maximum absolute atomic E-state index is 11.6. The average molecular weight is 316 g/mol. The first-order valence-electron chi connectivity index (χ1n) is 7.64. The molecule has 2 amide bonds. The Morgan fingerprint density at radius 2 is 1.82 bits per heavy atom. The molecule has 0 saturated carbocycles. The Labute approximate surface area is 131 Å². The minimum atomic E-state index is -1.10. The number of hydrogen-bond donors (Lipinski definition) is 3. The first-order chi connectivity index (χ1) is 10.2.